The topological polar surface area (TPSA) is 85.4 Å². The molecule has 0 saturated carbocycles. The summed E-state index contributed by atoms with van der Waals surface area (Å²) in [5.74, 6) is -0.943. The molecule has 7 nitrogen and oxygen atoms in total. The van der Waals surface area contributed by atoms with Crippen LogP contribution in [0.15, 0.2) is 35.1 Å². The van der Waals surface area contributed by atoms with Gasteiger partial charge in [-0.3, -0.25) is 9.69 Å². The smallest absolute Gasteiger partial charge is 0.270 e. The number of aromatic hydroxyl groups is 1. The molecule has 3 aromatic rings. The Morgan fingerprint density at radius 3 is 2.63 bits per heavy atom. The summed E-state index contributed by atoms with van der Waals surface area (Å²) in [6.07, 6.45) is 0. The monoisotopic (exact) mass is 407 g/mol. The Bertz CT molecular complexity index is 1220. The second-order valence-electron chi connectivity index (χ2n) is 7.53. The zero-order valence-corrected chi connectivity index (χ0v) is 16.9. The summed E-state index contributed by atoms with van der Waals surface area (Å²) in [6, 6.07) is 10.3. The second-order valence-corrected chi connectivity index (χ2v) is 7.53. The van der Waals surface area contributed by atoms with Crippen LogP contribution in [0.5, 0.6) is 5.75 Å². The fraction of sp³-hybridized carbons (Fsp3) is 0.318. The number of anilines is 1. The summed E-state index contributed by atoms with van der Waals surface area (Å²) in [4.78, 5) is 21.5. The number of halogens is 1. The molecule has 1 aromatic carbocycles. The van der Waals surface area contributed by atoms with E-state index in [4.69, 9.17) is 0 Å². The molecule has 8 heteroatoms. The minimum absolute atomic E-state index is 0.0966. The molecule has 3 heterocycles. The molecule has 1 aliphatic rings. The number of pyridine rings is 2. The van der Waals surface area contributed by atoms with Crippen molar-refractivity contribution in [1.82, 2.24) is 14.5 Å². The van der Waals surface area contributed by atoms with Gasteiger partial charge < -0.3 is 14.6 Å². The molecule has 0 radical (unpaired) electrons. The number of nitrogens with zero attached hydrogens (tertiary/aromatic N) is 5. The Kier molecular flexibility index (Phi) is 5.14. The SMILES string of the molecule is Cc1ccc2c(n1)c(N1CCN(Cc3cccc(F)c3O)CC1)c(C#N)c(=O)n2C. The largest absolute Gasteiger partial charge is 0.505 e. The van der Waals surface area contributed by atoms with Gasteiger partial charge in [0.15, 0.2) is 11.6 Å². The van der Waals surface area contributed by atoms with Gasteiger partial charge in [-0.25, -0.2) is 9.37 Å². The van der Waals surface area contributed by atoms with Gasteiger partial charge in [0.1, 0.15) is 17.1 Å². The first-order valence-corrected chi connectivity index (χ1v) is 9.74. The van der Waals surface area contributed by atoms with Crippen LogP contribution in [0.25, 0.3) is 11.0 Å². The van der Waals surface area contributed by atoms with E-state index in [2.05, 4.69) is 16.0 Å². The fourth-order valence-corrected chi connectivity index (χ4v) is 3.96. The molecule has 2 aromatic heterocycles. The minimum Gasteiger partial charge on any atom is -0.505 e. The van der Waals surface area contributed by atoms with Crippen LogP contribution in [-0.4, -0.2) is 45.7 Å². The van der Waals surface area contributed by atoms with Gasteiger partial charge in [-0.05, 0) is 25.1 Å². The number of hydrogen-bond acceptors (Lipinski definition) is 6. The van der Waals surface area contributed by atoms with Gasteiger partial charge in [0, 0.05) is 51.0 Å². The Hall–Kier alpha value is -3.44. The molecule has 1 saturated heterocycles. The number of benzene rings is 1. The molecule has 0 atom stereocenters. The molecule has 1 N–H and O–H groups in total. The maximum absolute atomic E-state index is 13.6. The van der Waals surface area contributed by atoms with Crippen molar-refractivity contribution in [3.63, 3.8) is 0 Å². The first kappa shape index (κ1) is 19.9. The van der Waals surface area contributed by atoms with E-state index in [9.17, 15) is 19.6 Å². The maximum atomic E-state index is 13.6. The molecule has 0 amide bonds. The zero-order chi connectivity index (χ0) is 21.4. The van der Waals surface area contributed by atoms with E-state index >= 15 is 0 Å². The third-order valence-electron chi connectivity index (χ3n) is 5.62. The second kappa shape index (κ2) is 7.76. The van der Waals surface area contributed by atoms with Gasteiger partial charge in [0.2, 0.25) is 0 Å². The summed E-state index contributed by atoms with van der Waals surface area (Å²) >= 11 is 0. The quantitative estimate of drug-likeness (QED) is 0.717. The number of phenolic OH excluding ortho intramolecular Hbond substituents is 1. The van der Waals surface area contributed by atoms with Gasteiger partial charge in [0.05, 0.1) is 11.2 Å². The summed E-state index contributed by atoms with van der Waals surface area (Å²) in [5.41, 5.74) is 3.02. The molecular weight excluding hydrogens is 385 g/mol. The van der Waals surface area contributed by atoms with Crippen LogP contribution in [0, 0.1) is 24.1 Å². The standard InChI is InChI=1S/C22H22FN5O2/c1-14-6-7-18-19(25-14)20(16(12-24)22(30)26(18)2)28-10-8-27(9-11-28)13-15-4-3-5-17(23)21(15)29/h3-7,29H,8-11,13H2,1-2H3. The highest BCUT2D eigenvalue weighted by atomic mass is 19.1. The Morgan fingerprint density at radius 1 is 1.20 bits per heavy atom. The number of phenols is 1. The van der Waals surface area contributed by atoms with Crippen molar-refractivity contribution < 1.29 is 9.50 Å². The van der Waals surface area contributed by atoms with E-state index in [-0.39, 0.29) is 16.9 Å². The van der Waals surface area contributed by atoms with Gasteiger partial charge >= 0.3 is 0 Å². The number of fused-ring (bicyclic) bond motifs is 1. The van der Waals surface area contributed by atoms with Crippen LogP contribution in [0.4, 0.5) is 10.1 Å². The molecule has 0 bridgehead atoms. The average molecular weight is 407 g/mol. The van der Waals surface area contributed by atoms with Crippen LogP contribution in [0.1, 0.15) is 16.8 Å². The van der Waals surface area contributed by atoms with Gasteiger partial charge in [0.25, 0.3) is 5.56 Å². The maximum Gasteiger partial charge on any atom is 0.270 e. The molecule has 1 aliphatic heterocycles. The van der Waals surface area contributed by atoms with E-state index in [1.807, 2.05) is 24.0 Å². The van der Waals surface area contributed by atoms with Crippen LogP contribution < -0.4 is 10.5 Å². The lowest BCUT2D eigenvalue weighted by Gasteiger charge is -2.36. The highest BCUT2D eigenvalue weighted by Crippen LogP contribution is 2.29. The summed E-state index contributed by atoms with van der Waals surface area (Å²) in [5, 5.41) is 19.6. The first-order valence-electron chi connectivity index (χ1n) is 9.74. The lowest BCUT2D eigenvalue weighted by molar-refractivity contribution is 0.246. The van der Waals surface area contributed by atoms with Gasteiger partial charge in [-0.1, -0.05) is 12.1 Å². The van der Waals surface area contributed by atoms with E-state index < -0.39 is 5.82 Å². The third-order valence-corrected chi connectivity index (χ3v) is 5.62. The van der Waals surface area contributed by atoms with Gasteiger partial charge in [-0.2, -0.15) is 5.26 Å². The van der Waals surface area contributed by atoms with Crippen molar-refractivity contribution in [2.75, 3.05) is 31.1 Å². The predicted octanol–water partition coefficient (Wildman–Crippen LogP) is 2.28. The number of aryl methyl sites for hydroxylation is 2. The number of hydrogen-bond donors (Lipinski definition) is 1. The van der Waals surface area contributed by atoms with E-state index in [0.29, 0.717) is 55.0 Å². The van der Waals surface area contributed by atoms with Crippen molar-refractivity contribution in [2.24, 2.45) is 7.05 Å². The molecule has 154 valence electrons. The van der Waals surface area contributed by atoms with Crippen molar-refractivity contribution >= 4 is 16.7 Å². The number of piperazine rings is 1. The van der Waals surface area contributed by atoms with Crippen molar-refractivity contribution in [2.45, 2.75) is 13.5 Å². The zero-order valence-electron chi connectivity index (χ0n) is 16.9. The van der Waals surface area contributed by atoms with Crippen LogP contribution in [-0.2, 0) is 13.6 Å². The number of nitriles is 1. The van der Waals surface area contributed by atoms with Crippen molar-refractivity contribution in [1.29, 1.82) is 5.26 Å². The molecule has 0 aliphatic carbocycles. The van der Waals surface area contributed by atoms with Crippen molar-refractivity contribution in [3.8, 4) is 11.8 Å². The van der Waals surface area contributed by atoms with Crippen LogP contribution >= 0.6 is 0 Å². The number of para-hydroxylation sites is 1. The van der Waals surface area contributed by atoms with E-state index in [0.717, 1.165) is 5.69 Å². The highest BCUT2D eigenvalue weighted by Gasteiger charge is 2.25. The van der Waals surface area contributed by atoms with Crippen molar-refractivity contribution in [3.05, 3.63) is 63.3 Å². The molecule has 0 spiro atoms. The molecule has 4 rings (SSSR count). The van der Waals surface area contributed by atoms with E-state index in [1.165, 1.54) is 10.6 Å². The average Bonchev–Trinajstić information content (AvgIpc) is 2.74. The minimum atomic E-state index is -0.627. The Labute approximate surface area is 173 Å². The fourth-order valence-electron chi connectivity index (χ4n) is 3.96. The number of rotatable bonds is 3. The summed E-state index contributed by atoms with van der Waals surface area (Å²) < 4.78 is 15.1. The molecule has 0 unspecified atom stereocenters. The lowest BCUT2D eigenvalue weighted by atomic mass is 10.1. The van der Waals surface area contributed by atoms with Crippen LogP contribution in [0.3, 0.4) is 0 Å². The lowest BCUT2D eigenvalue weighted by Crippen LogP contribution is -2.47. The third kappa shape index (κ3) is 3.37. The first-order chi connectivity index (χ1) is 14.4. The van der Waals surface area contributed by atoms with Gasteiger partial charge in [-0.15, -0.1) is 0 Å². The molecular formula is C22H22FN5O2. The summed E-state index contributed by atoms with van der Waals surface area (Å²) in [7, 11) is 1.65. The predicted molar refractivity (Wildman–Crippen MR) is 112 cm³/mol. The molecule has 1 fully saturated rings. The highest BCUT2D eigenvalue weighted by molar-refractivity contribution is 5.91. The Balaban J connectivity index is 1.64. The normalized spacial score (nSPS) is 14.8. The van der Waals surface area contributed by atoms with Crippen LogP contribution in [0.2, 0.25) is 0 Å². The Morgan fingerprint density at radius 2 is 1.93 bits per heavy atom. The number of aromatic nitrogens is 2. The van der Waals surface area contributed by atoms with E-state index in [1.54, 1.807) is 19.2 Å². The molecule has 30 heavy (non-hydrogen) atoms. The summed E-state index contributed by atoms with van der Waals surface area (Å²) in [6.45, 7) is 4.76.